The summed E-state index contributed by atoms with van der Waals surface area (Å²) in [5.41, 5.74) is -1.33. The molecule has 0 unspecified atom stereocenters. The number of carbonyl (C=O) groups excluding carboxylic acids is 1. The number of hydrogen-bond acceptors (Lipinski definition) is 7. The Morgan fingerprint density at radius 1 is 1.39 bits per heavy atom. The molecule has 0 N–H and O–H groups in total. The van der Waals surface area contributed by atoms with Gasteiger partial charge in [0.2, 0.25) is 0 Å². The Kier molecular flexibility index (Phi) is 5.95. The van der Waals surface area contributed by atoms with Crippen molar-refractivity contribution in [3.8, 4) is 5.75 Å². The predicted molar refractivity (Wildman–Crippen MR) is 80.5 cm³/mol. The number of rotatable bonds is 8. The van der Waals surface area contributed by atoms with E-state index in [1.807, 2.05) is 0 Å². The first-order valence-corrected chi connectivity index (χ1v) is 9.28. The highest BCUT2D eigenvalue weighted by Crippen LogP contribution is 2.32. The zero-order valence-corrected chi connectivity index (χ0v) is 13.6. The quantitative estimate of drug-likeness (QED) is 0.603. The maximum absolute atomic E-state index is 12.2. The summed E-state index contributed by atoms with van der Waals surface area (Å²) in [5.74, 6) is -1.27. The molecule has 1 aromatic rings. The molecule has 0 bridgehead atoms. The molecule has 1 fully saturated rings. The normalized spacial score (nSPS) is 17.6. The molecular weight excluding hydrogens is 322 g/mol. The Morgan fingerprint density at radius 2 is 2.13 bits per heavy atom. The molecule has 1 aliphatic heterocycles. The zero-order chi connectivity index (χ0) is 16.8. The molecule has 8 heteroatoms. The molecule has 1 aromatic heterocycles. The predicted octanol–water partition coefficient (Wildman–Crippen LogP) is -0.188. The third-order valence-corrected chi connectivity index (χ3v) is 5.79. The van der Waals surface area contributed by atoms with E-state index in [2.05, 4.69) is 4.98 Å². The van der Waals surface area contributed by atoms with Gasteiger partial charge in [0, 0.05) is 30.8 Å². The summed E-state index contributed by atoms with van der Waals surface area (Å²) >= 11 is 0. The van der Waals surface area contributed by atoms with Crippen molar-refractivity contribution in [3.05, 3.63) is 24.5 Å². The molecule has 0 saturated carbocycles. The lowest BCUT2D eigenvalue weighted by Crippen LogP contribution is -2.50. The number of carbonyl (C=O) groups is 1. The number of sulfone groups is 1. The van der Waals surface area contributed by atoms with E-state index in [1.165, 1.54) is 0 Å². The molecule has 1 aliphatic rings. The number of ether oxygens (including phenoxy) is 2. The third kappa shape index (κ3) is 5.18. The van der Waals surface area contributed by atoms with Crippen molar-refractivity contribution in [2.45, 2.75) is 19.3 Å². The average Bonchev–Trinajstić information content (AvgIpc) is 2.53. The van der Waals surface area contributed by atoms with Crippen LogP contribution < -0.4 is 9.84 Å². The van der Waals surface area contributed by atoms with E-state index in [0.717, 1.165) is 0 Å². The second kappa shape index (κ2) is 7.74. The zero-order valence-electron chi connectivity index (χ0n) is 12.8. The van der Waals surface area contributed by atoms with Gasteiger partial charge in [-0.3, -0.25) is 4.98 Å². The van der Waals surface area contributed by atoms with Gasteiger partial charge in [-0.2, -0.15) is 0 Å². The number of aliphatic carboxylic acids is 1. The van der Waals surface area contributed by atoms with Crippen molar-refractivity contribution in [1.82, 2.24) is 4.98 Å². The number of nitrogens with zero attached hydrogens (tertiary/aromatic N) is 1. The maximum atomic E-state index is 12.2. The SMILES string of the molecule is O=C([O-])C1(CS(=O)(=O)CCCOc2cccnc2)CCOCC1. The van der Waals surface area contributed by atoms with Crippen molar-refractivity contribution in [2.75, 3.05) is 31.3 Å². The van der Waals surface area contributed by atoms with Crippen molar-refractivity contribution < 1.29 is 27.8 Å². The molecule has 0 aliphatic carbocycles. The van der Waals surface area contributed by atoms with Crippen molar-refractivity contribution in [2.24, 2.45) is 5.41 Å². The highest BCUT2D eigenvalue weighted by atomic mass is 32.2. The molecule has 23 heavy (non-hydrogen) atoms. The topological polar surface area (TPSA) is 106 Å². The lowest BCUT2D eigenvalue weighted by molar-refractivity contribution is -0.321. The fourth-order valence-corrected chi connectivity index (χ4v) is 4.51. The first-order valence-electron chi connectivity index (χ1n) is 7.46. The number of carboxylic acids is 1. The van der Waals surface area contributed by atoms with Gasteiger partial charge in [0.05, 0.1) is 24.3 Å². The summed E-state index contributed by atoms with van der Waals surface area (Å²) < 4.78 is 35.0. The lowest BCUT2D eigenvalue weighted by atomic mass is 9.82. The fourth-order valence-electron chi connectivity index (χ4n) is 2.56. The molecule has 0 amide bonds. The highest BCUT2D eigenvalue weighted by Gasteiger charge is 2.38. The van der Waals surface area contributed by atoms with Crippen LogP contribution in [-0.4, -0.2) is 50.7 Å². The van der Waals surface area contributed by atoms with Crippen LogP contribution in [0.25, 0.3) is 0 Å². The summed E-state index contributed by atoms with van der Waals surface area (Å²) in [6.07, 6.45) is 3.78. The fraction of sp³-hybridized carbons (Fsp3) is 0.600. The van der Waals surface area contributed by atoms with Crippen molar-refractivity contribution >= 4 is 15.8 Å². The van der Waals surface area contributed by atoms with Crippen LogP contribution in [-0.2, 0) is 19.4 Å². The molecular formula is C15H20NO6S-. The van der Waals surface area contributed by atoms with E-state index in [1.54, 1.807) is 24.5 Å². The van der Waals surface area contributed by atoms with E-state index in [4.69, 9.17) is 9.47 Å². The molecule has 2 rings (SSSR count). The van der Waals surface area contributed by atoms with Gasteiger partial charge in [-0.15, -0.1) is 0 Å². The molecule has 2 heterocycles. The standard InChI is InChI=1S/C15H21NO6S/c17-14(18)15(4-8-21-9-5-15)12-23(19,20)10-2-7-22-13-3-1-6-16-11-13/h1,3,6,11H,2,4-5,7-10,12H2,(H,17,18)/p-1. The molecule has 0 spiro atoms. The van der Waals surface area contributed by atoms with Crippen LogP contribution in [0.4, 0.5) is 0 Å². The van der Waals surface area contributed by atoms with Gasteiger partial charge >= 0.3 is 0 Å². The maximum Gasteiger partial charge on any atom is 0.151 e. The number of carboxylic acid groups (broad SMARTS) is 1. The molecule has 1 saturated heterocycles. The molecule has 0 aromatic carbocycles. The highest BCUT2D eigenvalue weighted by molar-refractivity contribution is 7.91. The number of pyridine rings is 1. The summed E-state index contributed by atoms with van der Waals surface area (Å²) in [6, 6.07) is 3.45. The summed E-state index contributed by atoms with van der Waals surface area (Å²) in [7, 11) is -3.51. The Hall–Kier alpha value is -1.67. The van der Waals surface area contributed by atoms with Crippen LogP contribution in [0.5, 0.6) is 5.75 Å². The monoisotopic (exact) mass is 342 g/mol. The third-order valence-electron chi connectivity index (χ3n) is 3.88. The Bertz CT molecular complexity index is 610. The van der Waals surface area contributed by atoms with E-state index < -0.39 is 27.0 Å². The van der Waals surface area contributed by atoms with Crippen molar-refractivity contribution in [3.63, 3.8) is 0 Å². The summed E-state index contributed by atoms with van der Waals surface area (Å²) in [6.45, 7) is 0.716. The van der Waals surface area contributed by atoms with E-state index in [9.17, 15) is 18.3 Å². The van der Waals surface area contributed by atoms with Crippen LogP contribution in [0.2, 0.25) is 0 Å². The van der Waals surface area contributed by atoms with Crippen molar-refractivity contribution in [1.29, 1.82) is 0 Å². The second-order valence-electron chi connectivity index (χ2n) is 5.66. The van der Waals surface area contributed by atoms with Crippen LogP contribution in [0.15, 0.2) is 24.5 Å². The molecule has 0 atom stereocenters. The van der Waals surface area contributed by atoms with Crippen LogP contribution in [0.1, 0.15) is 19.3 Å². The minimum absolute atomic E-state index is 0.122. The largest absolute Gasteiger partial charge is 0.550 e. The van der Waals surface area contributed by atoms with E-state index >= 15 is 0 Å². The van der Waals surface area contributed by atoms with Crippen LogP contribution >= 0.6 is 0 Å². The van der Waals surface area contributed by atoms with Gasteiger partial charge < -0.3 is 19.4 Å². The lowest BCUT2D eigenvalue weighted by Gasteiger charge is -2.37. The van der Waals surface area contributed by atoms with E-state index in [0.29, 0.717) is 5.75 Å². The average molecular weight is 342 g/mol. The Labute approximate surface area is 135 Å². The summed E-state index contributed by atoms with van der Waals surface area (Å²) in [4.78, 5) is 15.3. The van der Waals surface area contributed by atoms with Gasteiger partial charge in [0.15, 0.2) is 9.84 Å². The van der Waals surface area contributed by atoms with E-state index in [-0.39, 0.29) is 44.8 Å². The van der Waals surface area contributed by atoms with Gasteiger partial charge in [-0.25, -0.2) is 8.42 Å². The Balaban J connectivity index is 1.84. The van der Waals surface area contributed by atoms with Gasteiger partial charge in [-0.1, -0.05) is 0 Å². The Morgan fingerprint density at radius 3 is 2.74 bits per heavy atom. The van der Waals surface area contributed by atoms with Gasteiger partial charge in [0.1, 0.15) is 5.75 Å². The second-order valence-corrected chi connectivity index (χ2v) is 7.85. The number of aromatic nitrogens is 1. The molecule has 128 valence electrons. The molecule has 7 nitrogen and oxygen atoms in total. The minimum Gasteiger partial charge on any atom is -0.550 e. The van der Waals surface area contributed by atoms with Crippen LogP contribution in [0.3, 0.4) is 0 Å². The van der Waals surface area contributed by atoms with Gasteiger partial charge in [-0.05, 0) is 31.4 Å². The smallest absolute Gasteiger partial charge is 0.151 e. The summed E-state index contributed by atoms with van der Waals surface area (Å²) in [5, 5.41) is 11.4. The first-order chi connectivity index (χ1) is 10.9. The minimum atomic E-state index is -3.51. The molecule has 0 radical (unpaired) electrons. The first kappa shape index (κ1) is 17.7. The number of hydrogen-bond donors (Lipinski definition) is 0. The van der Waals surface area contributed by atoms with Crippen LogP contribution in [0, 0.1) is 5.41 Å². The van der Waals surface area contributed by atoms with Gasteiger partial charge in [0.25, 0.3) is 0 Å².